The molecule has 2 atom stereocenters. The summed E-state index contributed by atoms with van der Waals surface area (Å²) in [5.41, 5.74) is 0.181. The normalized spacial score (nSPS) is 13.5. The van der Waals surface area contributed by atoms with Crippen molar-refractivity contribution in [1.82, 2.24) is 5.32 Å². The molecule has 0 aromatic heterocycles. The Labute approximate surface area is 174 Å². The Morgan fingerprint density at radius 1 is 1.07 bits per heavy atom. The van der Waals surface area contributed by atoms with Crippen molar-refractivity contribution < 1.29 is 23.9 Å². The lowest BCUT2D eigenvalue weighted by Gasteiger charge is -2.27. The Kier molecular flexibility index (Phi) is 9.86. The molecular formula is C23H35NO5. The zero-order chi connectivity index (χ0) is 22.0. The predicted molar refractivity (Wildman–Crippen MR) is 112 cm³/mol. The van der Waals surface area contributed by atoms with E-state index in [1.807, 2.05) is 51.1 Å². The Balaban J connectivity index is 2.89. The fourth-order valence-corrected chi connectivity index (χ4v) is 2.83. The van der Waals surface area contributed by atoms with Gasteiger partial charge in [0.15, 0.2) is 5.78 Å². The number of carbonyl (C=O) groups is 3. The molecule has 0 saturated heterocycles. The van der Waals surface area contributed by atoms with E-state index in [9.17, 15) is 14.4 Å². The SMILES string of the molecule is CCCC[C@H](C(=O)OCc1ccccc1)C(=O)C(NC(=O)OC(C)(C)C)C(C)C. The Bertz CT molecular complexity index is 664. The van der Waals surface area contributed by atoms with E-state index in [4.69, 9.17) is 9.47 Å². The summed E-state index contributed by atoms with van der Waals surface area (Å²) in [6.07, 6.45) is 1.29. The summed E-state index contributed by atoms with van der Waals surface area (Å²) in [6, 6.07) is 8.50. The van der Waals surface area contributed by atoms with Gasteiger partial charge in [0, 0.05) is 0 Å². The summed E-state index contributed by atoms with van der Waals surface area (Å²) in [4.78, 5) is 38.1. The van der Waals surface area contributed by atoms with Gasteiger partial charge in [0.1, 0.15) is 18.1 Å². The maximum Gasteiger partial charge on any atom is 0.408 e. The van der Waals surface area contributed by atoms with Crippen LogP contribution in [-0.2, 0) is 25.7 Å². The van der Waals surface area contributed by atoms with Crippen molar-refractivity contribution in [3.63, 3.8) is 0 Å². The zero-order valence-electron chi connectivity index (χ0n) is 18.5. The Hall–Kier alpha value is -2.37. The number of esters is 1. The zero-order valence-corrected chi connectivity index (χ0v) is 18.5. The minimum Gasteiger partial charge on any atom is -0.460 e. The number of hydrogen-bond acceptors (Lipinski definition) is 5. The van der Waals surface area contributed by atoms with Gasteiger partial charge in [0.2, 0.25) is 0 Å². The second kappa shape index (κ2) is 11.6. The van der Waals surface area contributed by atoms with E-state index >= 15 is 0 Å². The molecule has 1 aromatic rings. The standard InChI is InChI=1S/C23H35NO5/c1-7-8-14-18(21(26)28-15-17-12-10-9-11-13-17)20(25)19(16(2)3)24-22(27)29-23(4,5)6/h9-13,16,18-19H,7-8,14-15H2,1-6H3,(H,24,27)/t18-,19?/m0/s1. The van der Waals surface area contributed by atoms with E-state index in [1.165, 1.54) is 0 Å². The number of unbranched alkanes of at least 4 members (excludes halogenated alkanes) is 1. The molecule has 0 aliphatic heterocycles. The molecule has 0 heterocycles. The van der Waals surface area contributed by atoms with Crippen LogP contribution < -0.4 is 5.32 Å². The van der Waals surface area contributed by atoms with Crippen LogP contribution in [0.4, 0.5) is 4.79 Å². The summed E-state index contributed by atoms with van der Waals surface area (Å²) in [5.74, 6) is -2.00. The topological polar surface area (TPSA) is 81.7 Å². The smallest absolute Gasteiger partial charge is 0.408 e. The molecule has 0 saturated carbocycles. The van der Waals surface area contributed by atoms with Gasteiger partial charge in [-0.2, -0.15) is 0 Å². The average molecular weight is 406 g/mol. The monoisotopic (exact) mass is 405 g/mol. The van der Waals surface area contributed by atoms with Crippen LogP contribution in [0.1, 0.15) is 66.4 Å². The molecule has 162 valence electrons. The van der Waals surface area contributed by atoms with Crippen molar-refractivity contribution in [2.24, 2.45) is 11.8 Å². The fourth-order valence-electron chi connectivity index (χ4n) is 2.83. The molecule has 0 spiro atoms. The first-order chi connectivity index (χ1) is 13.5. The number of alkyl carbamates (subject to hydrolysis) is 1. The summed E-state index contributed by atoms with van der Waals surface area (Å²) < 4.78 is 10.7. The van der Waals surface area contributed by atoms with Crippen LogP contribution >= 0.6 is 0 Å². The molecule has 1 aromatic carbocycles. The number of nitrogens with one attached hydrogen (secondary N) is 1. The molecule has 6 heteroatoms. The third kappa shape index (κ3) is 9.11. The fraction of sp³-hybridized carbons (Fsp3) is 0.609. The molecule has 1 amide bonds. The third-order valence-corrected chi connectivity index (χ3v) is 4.34. The summed E-state index contributed by atoms with van der Waals surface area (Å²) in [7, 11) is 0. The molecule has 0 radical (unpaired) electrons. The molecule has 1 N–H and O–H groups in total. The van der Waals surface area contributed by atoms with Crippen molar-refractivity contribution in [3.05, 3.63) is 35.9 Å². The van der Waals surface area contributed by atoms with Crippen molar-refractivity contribution >= 4 is 17.8 Å². The Morgan fingerprint density at radius 2 is 1.69 bits per heavy atom. The van der Waals surface area contributed by atoms with Crippen molar-refractivity contribution in [1.29, 1.82) is 0 Å². The van der Waals surface area contributed by atoms with Crippen LogP contribution in [0.25, 0.3) is 0 Å². The minimum absolute atomic E-state index is 0.113. The summed E-state index contributed by atoms with van der Waals surface area (Å²) in [6.45, 7) is 11.0. The van der Waals surface area contributed by atoms with Crippen molar-refractivity contribution in [2.75, 3.05) is 0 Å². The van der Waals surface area contributed by atoms with Gasteiger partial charge in [0.25, 0.3) is 0 Å². The van der Waals surface area contributed by atoms with Crippen molar-refractivity contribution in [2.45, 2.75) is 79.1 Å². The van der Waals surface area contributed by atoms with Crippen LogP contribution in [0.3, 0.4) is 0 Å². The lowest BCUT2D eigenvalue weighted by Crippen LogP contribution is -2.49. The third-order valence-electron chi connectivity index (χ3n) is 4.34. The first-order valence-electron chi connectivity index (χ1n) is 10.3. The first-order valence-corrected chi connectivity index (χ1v) is 10.3. The molecule has 6 nitrogen and oxygen atoms in total. The number of Topliss-reactive ketones (excluding diaryl/α,β-unsaturated/α-hetero) is 1. The summed E-state index contributed by atoms with van der Waals surface area (Å²) >= 11 is 0. The number of amides is 1. The second-order valence-corrected chi connectivity index (χ2v) is 8.56. The van der Waals surface area contributed by atoms with E-state index in [0.717, 1.165) is 12.0 Å². The lowest BCUT2D eigenvalue weighted by molar-refractivity contribution is -0.154. The molecular weight excluding hydrogens is 370 g/mol. The largest absolute Gasteiger partial charge is 0.460 e. The molecule has 29 heavy (non-hydrogen) atoms. The highest BCUT2D eigenvalue weighted by Crippen LogP contribution is 2.19. The number of benzene rings is 1. The van der Waals surface area contributed by atoms with E-state index in [2.05, 4.69) is 5.32 Å². The molecule has 0 aliphatic rings. The molecule has 0 bridgehead atoms. The van der Waals surface area contributed by atoms with E-state index in [0.29, 0.717) is 12.8 Å². The van der Waals surface area contributed by atoms with Gasteiger partial charge in [0.05, 0.1) is 6.04 Å². The molecule has 0 fully saturated rings. The van der Waals surface area contributed by atoms with Crippen LogP contribution in [0.5, 0.6) is 0 Å². The van der Waals surface area contributed by atoms with E-state index < -0.39 is 29.6 Å². The maximum atomic E-state index is 13.2. The van der Waals surface area contributed by atoms with Gasteiger partial charge in [-0.25, -0.2) is 4.79 Å². The van der Waals surface area contributed by atoms with Gasteiger partial charge in [-0.05, 0) is 38.7 Å². The molecule has 1 rings (SSSR count). The maximum absolute atomic E-state index is 13.2. The lowest BCUT2D eigenvalue weighted by atomic mass is 9.88. The Morgan fingerprint density at radius 3 is 2.21 bits per heavy atom. The van der Waals surface area contributed by atoms with E-state index in [1.54, 1.807) is 20.8 Å². The highest BCUT2D eigenvalue weighted by atomic mass is 16.6. The number of ether oxygens (including phenoxy) is 2. The van der Waals surface area contributed by atoms with Crippen LogP contribution in [0, 0.1) is 11.8 Å². The highest BCUT2D eigenvalue weighted by Gasteiger charge is 2.36. The van der Waals surface area contributed by atoms with Gasteiger partial charge in [-0.1, -0.05) is 63.9 Å². The van der Waals surface area contributed by atoms with Crippen LogP contribution in [0.2, 0.25) is 0 Å². The highest BCUT2D eigenvalue weighted by molar-refractivity contribution is 6.02. The van der Waals surface area contributed by atoms with E-state index in [-0.39, 0.29) is 18.3 Å². The van der Waals surface area contributed by atoms with Gasteiger partial charge in [-0.15, -0.1) is 0 Å². The number of rotatable bonds is 10. The van der Waals surface area contributed by atoms with Crippen molar-refractivity contribution in [3.8, 4) is 0 Å². The van der Waals surface area contributed by atoms with Gasteiger partial charge < -0.3 is 14.8 Å². The minimum atomic E-state index is -0.916. The average Bonchev–Trinajstić information content (AvgIpc) is 2.63. The number of hydrogen-bond donors (Lipinski definition) is 1. The molecule has 1 unspecified atom stereocenters. The summed E-state index contributed by atoms with van der Waals surface area (Å²) in [5, 5.41) is 2.64. The van der Waals surface area contributed by atoms with Crippen LogP contribution in [-0.4, -0.2) is 29.5 Å². The second-order valence-electron chi connectivity index (χ2n) is 8.56. The quantitative estimate of drug-likeness (QED) is 0.452. The van der Waals surface area contributed by atoms with Gasteiger partial charge in [-0.3, -0.25) is 9.59 Å². The predicted octanol–water partition coefficient (Wildman–Crippen LogP) is 4.65. The molecule has 0 aliphatic carbocycles. The van der Waals surface area contributed by atoms with Crippen LogP contribution in [0.15, 0.2) is 30.3 Å². The number of carbonyl (C=O) groups excluding carboxylic acids is 3. The van der Waals surface area contributed by atoms with Gasteiger partial charge >= 0.3 is 12.1 Å². The first kappa shape index (κ1) is 24.7. The number of ketones is 1.